The van der Waals surface area contributed by atoms with E-state index < -0.39 is 0 Å². The van der Waals surface area contributed by atoms with E-state index in [9.17, 15) is 0 Å². The zero-order valence-corrected chi connectivity index (χ0v) is 14.1. The molecular weight excluding hydrogens is 258 g/mol. The largest absolute Gasteiger partial charge is 0.373 e. The summed E-state index contributed by atoms with van der Waals surface area (Å²) in [7, 11) is 4.46. The molecule has 0 bridgehead atoms. The maximum absolute atomic E-state index is 6.18. The standard InChI is InChI=1S/C18H31N3/c1-5-16(19)12-15-11-14(2)8-9-18(15)21(4)13-17-7-6-10-20(17)3/h8-9,11,16-17H,5-7,10,12-13,19H2,1-4H3. The lowest BCUT2D eigenvalue weighted by Crippen LogP contribution is -2.37. The van der Waals surface area contributed by atoms with Gasteiger partial charge in [-0.05, 0) is 57.8 Å². The minimum atomic E-state index is 0.258. The molecule has 2 rings (SSSR count). The molecule has 2 unspecified atom stereocenters. The normalized spacial score (nSPS) is 20.7. The van der Waals surface area contributed by atoms with E-state index >= 15 is 0 Å². The molecule has 1 aromatic rings. The third-order valence-electron chi connectivity index (χ3n) is 4.81. The third kappa shape index (κ3) is 4.21. The Morgan fingerprint density at radius 2 is 2.19 bits per heavy atom. The minimum absolute atomic E-state index is 0.258. The monoisotopic (exact) mass is 289 g/mol. The Balaban J connectivity index is 2.13. The van der Waals surface area contributed by atoms with Crippen LogP contribution in [0, 0.1) is 6.92 Å². The molecule has 21 heavy (non-hydrogen) atoms. The summed E-state index contributed by atoms with van der Waals surface area (Å²) in [5.41, 5.74) is 10.3. The summed E-state index contributed by atoms with van der Waals surface area (Å²) in [4.78, 5) is 4.91. The van der Waals surface area contributed by atoms with Crippen molar-refractivity contribution in [2.24, 2.45) is 5.73 Å². The van der Waals surface area contributed by atoms with Gasteiger partial charge in [0.1, 0.15) is 0 Å². The van der Waals surface area contributed by atoms with Crippen LogP contribution in [0.1, 0.15) is 37.3 Å². The predicted molar refractivity (Wildman–Crippen MR) is 92.1 cm³/mol. The van der Waals surface area contributed by atoms with Crippen LogP contribution in [0.4, 0.5) is 5.69 Å². The van der Waals surface area contributed by atoms with E-state index in [-0.39, 0.29) is 6.04 Å². The average Bonchev–Trinajstić information content (AvgIpc) is 2.84. The molecule has 118 valence electrons. The van der Waals surface area contributed by atoms with Crippen LogP contribution < -0.4 is 10.6 Å². The van der Waals surface area contributed by atoms with E-state index in [1.807, 2.05) is 0 Å². The number of hydrogen-bond donors (Lipinski definition) is 1. The van der Waals surface area contributed by atoms with Crippen molar-refractivity contribution in [2.75, 3.05) is 32.1 Å². The Hall–Kier alpha value is -1.06. The molecule has 1 saturated heterocycles. The number of hydrogen-bond acceptors (Lipinski definition) is 3. The highest BCUT2D eigenvalue weighted by atomic mass is 15.2. The van der Waals surface area contributed by atoms with Crippen LogP contribution in [0.5, 0.6) is 0 Å². The zero-order valence-electron chi connectivity index (χ0n) is 14.1. The summed E-state index contributed by atoms with van der Waals surface area (Å²) < 4.78 is 0. The van der Waals surface area contributed by atoms with Crippen LogP contribution in [-0.2, 0) is 6.42 Å². The van der Waals surface area contributed by atoms with Crippen LogP contribution in [0.15, 0.2) is 18.2 Å². The van der Waals surface area contributed by atoms with Crippen LogP contribution in [0.25, 0.3) is 0 Å². The SMILES string of the molecule is CCC(N)Cc1cc(C)ccc1N(C)CC1CCCN1C. The van der Waals surface area contributed by atoms with Gasteiger partial charge in [-0.3, -0.25) is 0 Å². The molecule has 1 aliphatic rings. The van der Waals surface area contributed by atoms with E-state index in [1.54, 1.807) is 0 Å². The number of nitrogens with zero attached hydrogens (tertiary/aromatic N) is 2. The van der Waals surface area contributed by atoms with Crippen molar-refractivity contribution in [3.8, 4) is 0 Å². The summed E-state index contributed by atoms with van der Waals surface area (Å²) in [5, 5.41) is 0. The number of benzene rings is 1. The second-order valence-electron chi connectivity index (χ2n) is 6.66. The van der Waals surface area contributed by atoms with Gasteiger partial charge in [0.05, 0.1) is 0 Å². The zero-order chi connectivity index (χ0) is 15.4. The first kappa shape index (κ1) is 16.3. The number of likely N-dealkylation sites (tertiary alicyclic amines) is 1. The van der Waals surface area contributed by atoms with Gasteiger partial charge >= 0.3 is 0 Å². The Bertz CT molecular complexity index is 458. The van der Waals surface area contributed by atoms with Gasteiger partial charge in [0.25, 0.3) is 0 Å². The smallest absolute Gasteiger partial charge is 0.0397 e. The molecule has 2 atom stereocenters. The highest BCUT2D eigenvalue weighted by Gasteiger charge is 2.23. The average molecular weight is 289 g/mol. The Labute approximate surface area is 130 Å². The molecule has 3 nitrogen and oxygen atoms in total. The van der Waals surface area contributed by atoms with E-state index in [0.29, 0.717) is 6.04 Å². The van der Waals surface area contributed by atoms with Gasteiger partial charge in [-0.2, -0.15) is 0 Å². The van der Waals surface area contributed by atoms with Gasteiger partial charge in [0, 0.05) is 31.4 Å². The first-order chi connectivity index (χ1) is 10.0. The van der Waals surface area contributed by atoms with Gasteiger partial charge < -0.3 is 15.5 Å². The van der Waals surface area contributed by atoms with Crippen molar-refractivity contribution >= 4 is 5.69 Å². The number of aryl methyl sites for hydroxylation is 1. The summed E-state index contributed by atoms with van der Waals surface area (Å²) in [6.07, 6.45) is 4.65. The Morgan fingerprint density at radius 1 is 1.43 bits per heavy atom. The fourth-order valence-electron chi connectivity index (χ4n) is 3.30. The van der Waals surface area contributed by atoms with Crippen molar-refractivity contribution in [1.29, 1.82) is 0 Å². The first-order valence-corrected chi connectivity index (χ1v) is 8.27. The number of rotatable bonds is 6. The fourth-order valence-corrected chi connectivity index (χ4v) is 3.30. The van der Waals surface area contributed by atoms with Crippen LogP contribution in [0.2, 0.25) is 0 Å². The third-order valence-corrected chi connectivity index (χ3v) is 4.81. The van der Waals surface area contributed by atoms with E-state index in [1.165, 1.54) is 36.2 Å². The quantitative estimate of drug-likeness (QED) is 0.874. The summed E-state index contributed by atoms with van der Waals surface area (Å²) in [6.45, 7) is 6.67. The first-order valence-electron chi connectivity index (χ1n) is 8.27. The molecule has 0 radical (unpaired) electrons. The molecule has 1 heterocycles. The summed E-state index contributed by atoms with van der Waals surface area (Å²) in [6, 6.07) is 7.73. The molecule has 0 spiro atoms. The van der Waals surface area contributed by atoms with Crippen molar-refractivity contribution in [3.63, 3.8) is 0 Å². The maximum Gasteiger partial charge on any atom is 0.0397 e. The van der Waals surface area contributed by atoms with E-state index in [4.69, 9.17) is 5.73 Å². The Morgan fingerprint density at radius 3 is 2.81 bits per heavy atom. The molecule has 0 amide bonds. The molecule has 0 saturated carbocycles. The highest BCUT2D eigenvalue weighted by molar-refractivity contribution is 5.55. The van der Waals surface area contributed by atoms with E-state index in [2.05, 4.69) is 55.9 Å². The Kier molecular flexibility index (Phi) is 5.65. The molecule has 0 aliphatic carbocycles. The van der Waals surface area contributed by atoms with Gasteiger partial charge in [-0.15, -0.1) is 0 Å². The van der Waals surface area contributed by atoms with E-state index in [0.717, 1.165) is 19.4 Å². The summed E-state index contributed by atoms with van der Waals surface area (Å²) >= 11 is 0. The van der Waals surface area contributed by atoms with Crippen molar-refractivity contribution in [1.82, 2.24) is 4.90 Å². The van der Waals surface area contributed by atoms with Crippen LogP contribution >= 0.6 is 0 Å². The van der Waals surface area contributed by atoms with Crippen LogP contribution in [-0.4, -0.2) is 44.2 Å². The van der Waals surface area contributed by atoms with Crippen LogP contribution in [0.3, 0.4) is 0 Å². The van der Waals surface area contributed by atoms with Gasteiger partial charge in [-0.25, -0.2) is 0 Å². The maximum atomic E-state index is 6.18. The fraction of sp³-hybridized carbons (Fsp3) is 0.667. The van der Waals surface area contributed by atoms with Crippen molar-refractivity contribution in [2.45, 2.75) is 51.6 Å². The lowest BCUT2D eigenvalue weighted by atomic mass is 10.00. The molecule has 1 aliphatic heterocycles. The lowest BCUT2D eigenvalue weighted by Gasteiger charge is -2.29. The highest BCUT2D eigenvalue weighted by Crippen LogP contribution is 2.25. The second-order valence-corrected chi connectivity index (χ2v) is 6.66. The summed E-state index contributed by atoms with van der Waals surface area (Å²) in [5.74, 6) is 0. The van der Waals surface area contributed by atoms with Gasteiger partial charge in [0.2, 0.25) is 0 Å². The minimum Gasteiger partial charge on any atom is -0.373 e. The van der Waals surface area contributed by atoms with Crippen molar-refractivity contribution < 1.29 is 0 Å². The van der Waals surface area contributed by atoms with Crippen molar-refractivity contribution in [3.05, 3.63) is 29.3 Å². The molecule has 1 aromatic carbocycles. The van der Waals surface area contributed by atoms with Gasteiger partial charge in [0.15, 0.2) is 0 Å². The number of nitrogens with two attached hydrogens (primary N) is 1. The lowest BCUT2D eigenvalue weighted by molar-refractivity contribution is 0.314. The second kappa shape index (κ2) is 7.28. The molecule has 0 aromatic heterocycles. The number of likely N-dealkylation sites (N-methyl/N-ethyl adjacent to an activating group) is 2. The topological polar surface area (TPSA) is 32.5 Å². The molecule has 3 heteroatoms. The molecule has 2 N–H and O–H groups in total. The predicted octanol–water partition coefficient (Wildman–Crippen LogP) is 2.81. The molecular formula is C18H31N3. The van der Waals surface area contributed by atoms with Gasteiger partial charge in [-0.1, -0.05) is 24.6 Å². The molecule has 1 fully saturated rings. The number of anilines is 1.